The Morgan fingerprint density at radius 3 is 2.75 bits per heavy atom. The van der Waals surface area contributed by atoms with Gasteiger partial charge >= 0.3 is 5.97 Å². The Balaban J connectivity index is 2.03. The first-order valence-corrected chi connectivity index (χ1v) is 5.38. The fraction of sp³-hybridized carbons (Fsp3) is 0.417. The second-order valence-corrected chi connectivity index (χ2v) is 4.09. The highest BCUT2D eigenvalue weighted by Crippen LogP contribution is 2.20. The smallest absolute Gasteiger partial charge is 0.320 e. The van der Waals surface area contributed by atoms with E-state index in [1.165, 1.54) is 12.1 Å². The van der Waals surface area contributed by atoms with E-state index in [9.17, 15) is 9.18 Å². The van der Waals surface area contributed by atoms with Gasteiger partial charge in [0.15, 0.2) is 0 Å². The Morgan fingerprint density at radius 1 is 1.44 bits per heavy atom. The van der Waals surface area contributed by atoms with E-state index >= 15 is 0 Å². The monoisotopic (exact) mass is 223 g/mol. The molecule has 0 aromatic heterocycles. The van der Waals surface area contributed by atoms with E-state index in [4.69, 9.17) is 5.11 Å². The molecule has 86 valence electrons. The molecule has 1 fully saturated rings. The highest BCUT2D eigenvalue weighted by molar-refractivity contribution is 5.73. The molecule has 0 spiro atoms. The van der Waals surface area contributed by atoms with Crippen LogP contribution in [-0.2, 0) is 11.3 Å². The molecule has 0 radical (unpaired) electrons. The summed E-state index contributed by atoms with van der Waals surface area (Å²) in [6.45, 7) is 1.38. The van der Waals surface area contributed by atoms with E-state index in [0.29, 0.717) is 13.0 Å². The van der Waals surface area contributed by atoms with Crippen LogP contribution in [0.15, 0.2) is 24.3 Å². The van der Waals surface area contributed by atoms with E-state index in [1.54, 1.807) is 12.1 Å². The molecular weight excluding hydrogens is 209 g/mol. The normalized spacial score (nSPS) is 21.2. The van der Waals surface area contributed by atoms with Gasteiger partial charge in [-0.3, -0.25) is 9.69 Å². The second kappa shape index (κ2) is 4.61. The maximum Gasteiger partial charge on any atom is 0.320 e. The van der Waals surface area contributed by atoms with E-state index in [1.807, 2.05) is 4.90 Å². The lowest BCUT2D eigenvalue weighted by Gasteiger charge is -2.20. The molecule has 1 heterocycles. The molecule has 0 bridgehead atoms. The average molecular weight is 223 g/mol. The molecule has 1 atom stereocenters. The summed E-state index contributed by atoms with van der Waals surface area (Å²) < 4.78 is 12.7. The van der Waals surface area contributed by atoms with Crippen molar-refractivity contribution in [3.63, 3.8) is 0 Å². The highest BCUT2D eigenvalue weighted by atomic mass is 19.1. The van der Waals surface area contributed by atoms with Crippen molar-refractivity contribution in [2.24, 2.45) is 0 Å². The van der Waals surface area contributed by atoms with Crippen molar-refractivity contribution in [2.75, 3.05) is 6.54 Å². The first-order chi connectivity index (χ1) is 7.66. The average Bonchev–Trinajstić information content (AvgIpc) is 2.69. The lowest BCUT2D eigenvalue weighted by molar-refractivity contribution is -0.142. The van der Waals surface area contributed by atoms with Crippen molar-refractivity contribution in [1.29, 1.82) is 0 Å². The van der Waals surface area contributed by atoms with Crippen LogP contribution in [0.3, 0.4) is 0 Å². The van der Waals surface area contributed by atoms with Crippen molar-refractivity contribution in [1.82, 2.24) is 4.90 Å². The van der Waals surface area contributed by atoms with Crippen molar-refractivity contribution in [2.45, 2.75) is 25.4 Å². The van der Waals surface area contributed by atoms with Gasteiger partial charge in [-0.25, -0.2) is 4.39 Å². The van der Waals surface area contributed by atoms with E-state index < -0.39 is 5.97 Å². The van der Waals surface area contributed by atoms with Gasteiger partial charge in [0.05, 0.1) is 0 Å². The van der Waals surface area contributed by atoms with Gasteiger partial charge in [-0.15, -0.1) is 0 Å². The number of carboxylic acid groups (broad SMARTS) is 1. The highest BCUT2D eigenvalue weighted by Gasteiger charge is 2.30. The molecule has 1 aromatic rings. The predicted octanol–water partition coefficient (Wildman–Crippen LogP) is 1.87. The molecule has 1 aromatic carbocycles. The van der Waals surface area contributed by atoms with E-state index in [0.717, 1.165) is 18.5 Å². The van der Waals surface area contributed by atoms with Crippen molar-refractivity contribution in [3.8, 4) is 0 Å². The van der Waals surface area contributed by atoms with Gasteiger partial charge < -0.3 is 5.11 Å². The lowest BCUT2D eigenvalue weighted by Crippen LogP contribution is -2.35. The number of hydrogen-bond acceptors (Lipinski definition) is 2. The molecule has 0 unspecified atom stereocenters. The fourth-order valence-corrected chi connectivity index (χ4v) is 2.12. The first-order valence-electron chi connectivity index (χ1n) is 5.38. The zero-order chi connectivity index (χ0) is 11.5. The van der Waals surface area contributed by atoms with Crippen LogP contribution in [-0.4, -0.2) is 28.6 Å². The Labute approximate surface area is 93.5 Å². The van der Waals surface area contributed by atoms with Crippen molar-refractivity contribution in [3.05, 3.63) is 35.6 Å². The van der Waals surface area contributed by atoms with Gasteiger partial charge in [0.1, 0.15) is 11.9 Å². The Bertz CT molecular complexity index is 377. The van der Waals surface area contributed by atoms with Crippen LogP contribution in [0.25, 0.3) is 0 Å². The quantitative estimate of drug-likeness (QED) is 0.850. The molecule has 3 nitrogen and oxygen atoms in total. The first kappa shape index (κ1) is 11.1. The predicted molar refractivity (Wildman–Crippen MR) is 57.5 cm³/mol. The molecule has 2 rings (SSSR count). The van der Waals surface area contributed by atoms with Crippen LogP contribution < -0.4 is 0 Å². The summed E-state index contributed by atoms with van der Waals surface area (Å²) >= 11 is 0. The van der Waals surface area contributed by atoms with E-state index in [2.05, 4.69) is 0 Å². The minimum absolute atomic E-state index is 0.264. The van der Waals surface area contributed by atoms with Gasteiger partial charge in [0.2, 0.25) is 0 Å². The molecular formula is C12H14FNO2. The third kappa shape index (κ3) is 2.39. The number of hydrogen-bond donors (Lipinski definition) is 1. The Kier molecular flexibility index (Phi) is 3.19. The van der Waals surface area contributed by atoms with Crippen molar-refractivity contribution < 1.29 is 14.3 Å². The molecule has 4 heteroatoms. The summed E-state index contributed by atoms with van der Waals surface area (Å²) in [5.74, 6) is -1.03. The number of carboxylic acids is 1. The number of halogens is 1. The van der Waals surface area contributed by atoms with Crippen LogP contribution in [0, 0.1) is 5.82 Å². The Hall–Kier alpha value is -1.42. The summed E-state index contributed by atoms with van der Waals surface area (Å²) in [6, 6.07) is 5.83. The topological polar surface area (TPSA) is 40.5 Å². The van der Waals surface area contributed by atoms with Crippen LogP contribution in [0.5, 0.6) is 0 Å². The second-order valence-electron chi connectivity index (χ2n) is 4.09. The van der Waals surface area contributed by atoms with E-state index in [-0.39, 0.29) is 11.9 Å². The standard InChI is InChI=1S/C12H14FNO2/c13-10-5-3-9(4-6-10)8-14-7-1-2-11(14)12(15)16/h3-6,11H,1-2,7-8H2,(H,15,16)/t11-/m0/s1. The number of nitrogens with zero attached hydrogens (tertiary/aromatic N) is 1. The van der Waals surface area contributed by atoms with Gasteiger partial charge in [-0.2, -0.15) is 0 Å². The van der Waals surface area contributed by atoms with Gasteiger partial charge in [0.25, 0.3) is 0 Å². The minimum atomic E-state index is -0.764. The lowest BCUT2D eigenvalue weighted by atomic mass is 10.2. The summed E-state index contributed by atoms with van der Waals surface area (Å²) in [7, 11) is 0. The summed E-state index contributed by atoms with van der Waals surface area (Å²) in [5, 5.41) is 9.00. The maximum atomic E-state index is 12.7. The fourth-order valence-electron chi connectivity index (χ4n) is 2.12. The molecule has 1 N–H and O–H groups in total. The number of carbonyl (C=O) groups is 1. The zero-order valence-electron chi connectivity index (χ0n) is 8.90. The molecule has 1 aliphatic rings. The zero-order valence-corrected chi connectivity index (χ0v) is 8.90. The molecule has 1 aliphatic heterocycles. The van der Waals surface area contributed by atoms with Gasteiger partial charge in [-0.05, 0) is 37.1 Å². The Morgan fingerprint density at radius 2 is 2.12 bits per heavy atom. The SMILES string of the molecule is O=C(O)[C@@H]1CCCN1Cc1ccc(F)cc1. The van der Waals surface area contributed by atoms with Gasteiger partial charge in [-0.1, -0.05) is 12.1 Å². The van der Waals surface area contributed by atoms with Crippen LogP contribution in [0.4, 0.5) is 4.39 Å². The third-order valence-corrected chi connectivity index (χ3v) is 2.95. The third-order valence-electron chi connectivity index (χ3n) is 2.95. The number of benzene rings is 1. The van der Waals surface area contributed by atoms with Crippen LogP contribution >= 0.6 is 0 Å². The molecule has 0 aliphatic carbocycles. The largest absolute Gasteiger partial charge is 0.480 e. The summed E-state index contributed by atoms with van der Waals surface area (Å²) in [6.07, 6.45) is 1.62. The van der Waals surface area contributed by atoms with Crippen LogP contribution in [0.2, 0.25) is 0 Å². The summed E-state index contributed by atoms with van der Waals surface area (Å²) in [5.41, 5.74) is 0.953. The molecule has 16 heavy (non-hydrogen) atoms. The maximum absolute atomic E-state index is 12.7. The summed E-state index contributed by atoms with van der Waals surface area (Å²) in [4.78, 5) is 12.9. The number of aliphatic carboxylic acids is 1. The van der Waals surface area contributed by atoms with Gasteiger partial charge in [0, 0.05) is 6.54 Å². The van der Waals surface area contributed by atoms with Crippen molar-refractivity contribution >= 4 is 5.97 Å². The number of rotatable bonds is 3. The molecule has 0 amide bonds. The minimum Gasteiger partial charge on any atom is -0.480 e. The molecule has 1 saturated heterocycles. The van der Waals surface area contributed by atoms with Crippen LogP contribution in [0.1, 0.15) is 18.4 Å². The number of likely N-dealkylation sites (tertiary alicyclic amines) is 1. The molecule has 0 saturated carbocycles.